The number of halogens is 2. The number of nitrogens with zero attached hydrogens (tertiary/aromatic N) is 2. The molecule has 2 aliphatic rings. The first kappa shape index (κ1) is 14.5. The van der Waals surface area contributed by atoms with Gasteiger partial charge in [-0.2, -0.15) is 0 Å². The van der Waals surface area contributed by atoms with Crippen LogP contribution in [0.3, 0.4) is 0 Å². The predicted octanol–water partition coefficient (Wildman–Crippen LogP) is 2.34. The van der Waals surface area contributed by atoms with Gasteiger partial charge in [0.2, 0.25) is 0 Å². The van der Waals surface area contributed by atoms with Crippen molar-refractivity contribution in [2.24, 2.45) is 0 Å². The van der Waals surface area contributed by atoms with E-state index in [0.29, 0.717) is 19.7 Å². The molecule has 0 bridgehead atoms. The second kappa shape index (κ2) is 6.03. The molecule has 2 heterocycles. The normalized spacial score (nSPS) is 26.9. The molecule has 2 saturated heterocycles. The number of carbonyl (C=O) groups is 1. The molecule has 1 unspecified atom stereocenters. The molecule has 6 heteroatoms. The van der Waals surface area contributed by atoms with Gasteiger partial charge in [-0.1, -0.05) is 13.3 Å². The molecule has 0 aromatic carbocycles. The van der Waals surface area contributed by atoms with Crippen molar-refractivity contribution in [3.05, 3.63) is 0 Å². The first-order chi connectivity index (χ1) is 9.02. The Labute approximate surface area is 112 Å². The first-order valence-corrected chi connectivity index (χ1v) is 7.05. The summed E-state index contributed by atoms with van der Waals surface area (Å²) >= 11 is 0. The molecule has 2 rings (SSSR count). The van der Waals surface area contributed by atoms with Crippen molar-refractivity contribution in [2.45, 2.75) is 44.6 Å². The van der Waals surface area contributed by atoms with Crippen LogP contribution in [0.25, 0.3) is 0 Å². The predicted molar refractivity (Wildman–Crippen MR) is 67.4 cm³/mol. The number of alkyl halides is 2. The number of unbranched alkanes of at least 4 members (excludes halogenated alkanes) is 1. The van der Waals surface area contributed by atoms with Gasteiger partial charge in [-0.25, -0.2) is 13.6 Å². The minimum atomic E-state index is -2.54. The standard InChI is InChI=1S/C13H22F2N2O2/c1-2-3-7-19-12(18)16-6-4-5-11(8-16)17-9-13(14,15)10-17/h11H,2-10H2,1H3. The quantitative estimate of drug-likeness (QED) is 0.739. The summed E-state index contributed by atoms with van der Waals surface area (Å²) in [5.74, 6) is -2.54. The Bertz CT molecular complexity index is 318. The number of hydrogen-bond acceptors (Lipinski definition) is 3. The summed E-state index contributed by atoms with van der Waals surface area (Å²) in [5, 5.41) is 0. The summed E-state index contributed by atoms with van der Waals surface area (Å²) in [6.45, 7) is 3.33. The van der Waals surface area contributed by atoms with Gasteiger partial charge in [0.05, 0.1) is 19.7 Å². The maximum absolute atomic E-state index is 12.9. The zero-order valence-electron chi connectivity index (χ0n) is 11.4. The fourth-order valence-corrected chi connectivity index (χ4v) is 2.62. The van der Waals surface area contributed by atoms with Gasteiger partial charge in [-0.15, -0.1) is 0 Å². The van der Waals surface area contributed by atoms with Crippen molar-refractivity contribution in [1.29, 1.82) is 0 Å². The zero-order chi connectivity index (χ0) is 13.9. The minimum absolute atomic E-state index is 0.0621. The highest BCUT2D eigenvalue weighted by molar-refractivity contribution is 5.67. The summed E-state index contributed by atoms with van der Waals surface area (Å²) in [4.78, 5) is 15.2. The van der Waals surface area contributed by atoms with Gasteiger partial charge in [0.15, 0.2) is 0 Å². The lowest BCUT2D eigenvalue weighted by molar-refractivity contribution is -0.151. The summed E-state index contributed by atoms with van der Waals surface area (Å²) in [6.07, 6.45) is 3.29. The van der Waals surface area contributed by atoms with E-state index in [1.54, 1.807) is 9.80 Å². The smallest absolute Gasteiger partial charge is 0.409 e. The molecule has 110 valence electrons. The number of ether oxygens (including phenoxy) is 1. The van der Waals surface area contributed by atoms with Crippen molar-refractivity contribution in [2.75, 3.05) is 32.8 Å². The van der Waals surface area contributed by atoms with Crippen LogP contribution in [0.4, 0.5) is 13.6 Å². The molecule has 0 aliphatic carbocycles. The monoisotopic (exact) mass is 276 g/mol. The summed E-state index contributed by atoms with van der Waals surface area (Å²) < 4.78 is 30.9. The van der Waals surface area contributed by atoms with Crippen LogP contribution >= 0.6 is 0 Å². The van der Waals surface area contributed by atoms with Gasteiger partial charge in [0.1, 0.15) is 0 Å². The maximum atomic E-state index is 12.9. The molecule has 0 N–H and O–H groups in total. The molecular weight excluding hydrogens is 254 g/mol. The van der Waals surface area contributed by atoms with E-state index >= 15 is 0 Å². The van der Waals surface area contributed by atoms with Crippen LogP contribution in [-0.2, 0) is 4.74 Å². The number of rotatable bonds is 4. The Morgan fingerprint density at radius 2 is 2.16 bits per heavy atom. The highest BCUT2D eigenvalue weighted by Crippen LogP contribution is 2.31. The number of carbonyl (C=O) groups excluding carboxylic acids is 1. The van der Waals surface area contributed by atoms with E-state index in [1.807, 2.05) is 6.92 Å². The fraction of sp³-hybridized carbons (Fsp3) is 0.923. The van der Waals surface area contributed by atoms with Crippen LogP contribution in [-0.4, -0.2) is 60.6 Å². The molecule has 1 atom stereocenters. The van der Waals surface area contributed by atoms with E-state index < -0.39 is 5.92 Å². The Balaban J connectivity index is 1.76. The highest BCUT2D eigenvalue weighted by Gasteiger charge is 2.47. The molecule has 2 aliphatic heterocycles. The summed E-state index contributed by atoms with van der Waals surface area (Å²) in [5.41, 5.74) is 0. The van der Waals surface area contributed by atoms with Gasteiger partial charge in [-0.3, -0.25) is 4.90 Å². The van der Waals surface area contributed by atoms with E-state index in [1.165, 1.54) is 0 Å². The Kier molecular flexibility index (Phi) is 4.60. The van der Waals surface area contributed by atoms with Crippen LogP contribution in [0.15, 0.2) is 0 Å². The van der Waals surface area contributed by atoms with Crippen LogP contribution in [0, 0.1) is 0 Å². The molecule has 4 nitrogen and oxygen atoms in total. The van der Waals surface area contributed by atoms with Gasteiger partial charge in [0, 0.05) is 19.1 Å². The van der Waals surface area contributed by atoms with E-state index in [0.717, 1.165) is 25.7 Å². The number of hydrogen-bond donors (Lipinski definition) is 0. The second-order valence-corrected chi connectivity index (χ2v) is 5.47. The number of likely N-dealkylation sites (tertiary alicyclic amines) is 2. The third-order valence-corrected chi connectivity index (χ3v) is 3.76. The molecule has 0 aromatic heterocycles. The Morgan fingerprint density at radius 1 is 1.42 bits per heavy atom. The molecule has 0 saturated carbocycles. The Hall–Kier alpha value is -0.910. The average Bonchev–Trinajstić information content (AvgIpc) is 2.36. The van der Waals surface area contributed by atoms with E-state index in [-0.39, 0.29) is 25.2 Å². The van der Waals surface area contributed by atoms with E-state index in [9.17, 15) is 13.6 Å². The van der Waals surface area contributed by atoms with Gasteiger partial charge in [-0.05, 0) is 19.3 Å². The van der Waals surface area contributed by atoms with Gasteiger partial charge in [0.25, 0.3) is 5.92 Å². The van der Waals surface area contributed by atoms with Crippen molar-refractivity contribution < 1.29 is 18.3 Å². The van der Waals surface area contributed by atoms with Gasteiger partial charge >= 0.3 is 6.09 Å². The lowest BCUT2D eigenvalue weighted by Gasteiger charge is -2.46. The molecule has 2 fully saturated rings. The molecule has 0 radical (unpaired) electrons. The minimum Gasteiger partial charge on any atom is -0.449 e. The van der Waals surface area contributed by atoms with Crippen molar-refractivity contribution in [3.63, 3.8) is 0 Å². The zero-order valence-corrected chi connectivity index (χ0v) is 11.4. The van der Waals surface area contributed by atoms with Crippen molar-refractivity contribution >= 4 is 6.09 Å². The van der Waals surface area contributed by atoms with Crippen LogP contribution in [0.1, 0.15) is 32.6 Å². The SMILES string of the molecule is CCCCOC(=O)N1CCCC(N2CC(F)(F)C2)C1. The third-order valence-electron chi connectivity index (χ3n) is 3.76. The van der Waals surface area contributed by atoms with Crippen molar-refractivity contribution in [3.8, 4) is 0 Å². The molecular formula is C13H22F2N2O2. The van der Waals surface area contributed by atoms with Crippen LogP contribution in [0.5, 0.6) is 0 Å². The van der Waals surface area contributed by atoms with E-state index in [4.69, 9.17) is 4.74 Å². The third kappa shape index (κ3) is 3.78. The fourth-order valence-electron chi connectivity index (χ4n) is 2.62. The number of amides is 1. The topological polar surface area (TPSA) is 32.8 Å². The summed E-state index contributed by atoms with van der Waals surface area (Å²) in [7, 11) is 0. The largest absolute Gasteiger partial charge is 0.449 e. The molecule has 0 aromatic rings. The Morgan fingerprint density at radius 3 is 2.79 bits per heavy atom. The van der Waals surface area contributed by atoms with Gasteiger partial charge < -0.3 is 9.64 Å². The van der Waals surface area contributed by atoms with E-state index in [2.05, 4.69) is 0 Å². The lowest BCUT2D eigenvalue weighted by atomic mass is 9.99. The molecule has 19 heavy (non-hydrogen) atoms. The summed E-state index contributed by atoms with van der Waals surface area (Å²) in [6, 6.07) is 0.0621. The highest BCUT2D eigenvalue weighted by atomic mass is 19.3. The lowest BCUT2D eigenvalue weighted by Crippen LogP contribution is -2.63. The number of piperidine rings is 1. The van der Waals surface area contributed by atoms with Crippen molar-refractivity contribution in [1.82, 2.24) is 9.80 Å². The maximum Gasteiger partial charge on any atom is 0.409 e. The van der Waals surface area contributed by atoms with Crippen LogP contribution in [0.2, 0.25) is 0 Å². The molecule has 0 spiro atoms. The van der Waals surface area contributed by atoms with Crippen LogP contribution < -0.4 is 0 Å². The second-order valence-electron chi connectivity index (χ2n) is 5.47. The average molecular weight is 276 g/mol. The first-order valence-electron chi connectivity index (χ1n) is 7.05. The molecule has 1 amide bonds.